The number of halogens is 2. The fourth-order valence-corrected chi connectivity index (χ4v) is 4.16. The number of hydrogen-bond acceptors (Lipinski definition) is 5. The Morgan fingerprint density at radius 2 is 2.14 bits per heavy atom. The van der Waals surface area contributed by atoms with Gasteiger partial charge in [-0.15, -0.1) is 11.3 Å². The number of rotatable bonds is 5. The second kappa shape index (κ2) is 6.74. The van der Waals surface area contributed by atoms with Crippen molar-refractivity contribution in [1.82, 2.24) is 4.72 Å². The molecular formula is C13H11ClFNO4S2. The van der Waals surface area contributed by atoms with E-state index in [2.05, 4.69) is 9.46 Å². The van der Waals surface area contributed by atoms with Crippen LogP contribution in [-0.4, -0.2) is 21.5 Å². The van der Waals surface area contributed by atoms with E-state index in [4.69, 9.17) is 11.6 Å². The van der Waals surface area contributed by atoms with Crippen LogP contribution in [0.1, 0.15) is 15.2 Å². The highest BCUT2D eigenvalue weighted by molar-refractivity contribution is 7.89. The number of hydrogen-bond donors (Lipinski definition) is 1. The number of nitrogens with one attached hydrogen (secondary N) is 1. The van der Waals surface area contributed by atoms with E-state index in [0.717, 1.165) is 24.5 Å². The Labute approximate surface area is 135 Å². The lowest BCUT2D eigenvalue weighted by Crippen LogP contribution is -2.25. The predicted octanol–water partition coefficient (Wildman–Crippen LogP) is 2.81. The fourth-order valence-electron chi connectivity index (χ4n) is 1.67. The summed E-state index contributed by atoms with van der Waals surface area (Å²) < 4.78 is 44.9. The van der Waals surface area contributed by atoms with Crippen LogP contribution in [-0.2, 0) is 21.3 Å². The fraction of sp³-hybridized carbons (Fsp3) is 0.154. The molecule has 0 bridgehead atoms. The molecule has 2 aromatic rings. The van der Waals surface area contributed by atoms with Crippen molar-refractivity contribution in [2.45, 2.75) is 11.4 Å². The molecule has 0 aliphatic carbocycles. The molecule has 0 radical (unpaired) electrons. The zero-order valence-corrected chi connectivity index (χ0v) is 13.7. The summed E-state index contributed by atoms with van der Waals surface area (Å²) in [6.45, 7) is -0.262. The average molecular weight is 364 g/mol. The molecule has 1 N–H and O–H groups in total. The molecule has 0 saturated carbocycles. The van der Waals surface area contributed by atoms with Crippen LogP contribution in [0.4, 0.5) is 4.39 Å². The van der Waals surface area contributed by atoms with Gasteiger partial charge in [-0.25, -0.2) is 22.3 Å². The van der Waals surface area contributed by atoms with Crippen molar-refractivity contribution in [1.29, 1.82) is 0 Å². The number of carbonyl (C=O) groups is 1. The summed E-state index contributed by atoms with van der Waals surface area (Å²) in [5, 5.41) is 1.68. The molecular weight excluding hydrogens is 353 g/mol. The molecule has 1 aromatic carbocycles. The van der Waals surface area contributed by atoms with Crippen LogP contribution in [0.15, 0.2) is 34.5 Å². The largest absolute Gasteiger partial charge is 0.465 e. The van der Waals surface area contributed by atoms with E-state index in [9.17, 15) is 17.6 Å². The molecule has 0 spiro atoms. The van der Waals surface area contributed by atoms with Gasteiger partial charge >= 0.3 is 5.97 Å². The van der Waals surface area contributed by atoms with Crippen LogP contribution < -0.4 is 4.72 Å². The van der Waals surface area contributed by atoms with Gasteiger partial charge < -0.3 is 4.74 Å². The zero-order chi connectivity index (χ0) is 16.3. The molecule has 1 aromatic heterocycles. The third-order valence-corrected chi connectivity index (χ3v) is 5.46. The van der Waals surface area contributed by atoms with E-state index in [1.165, 1.54) is 23.6 Å². The molecule has 0 aliphatic rings. The summed E-state index contributed by atoms with van der Waals surface area (Å²) >= 11 is 6.58. The Morgan fingerprint density at radius 1 is 1.41 bits per heavy atom. The highest BCUT2D eigenvalue weighted by Crippen LogP contribution is 2.23. The van der Waals surface area contributed by atoms with Crippen LogP contribution in [0.5, 0.6) is 0 Å². The topological polar surface area (TPSA) is 72.5 Å². The maximum atomic E-state index is 13.6. The summed E-state index contributed by atoms with van der Waals surface area (Å²) in [7, 11) is -2.81. The van der Waals surface area contributed by atoms with E-state index >= 15 is 0 Å². The van der Waals surface area contributed by atoms with Crippen molar-refractivity contribution >= 4 is 38.9 Å². The van der Waals surface area contributed by atoms with Crippen LogP contribution in [0.3, 0.4) is 0 Å². The normalized spacial score (nSPS) is 11.4. The third kappa shape index (κ3) is 3.64. The maximum absolute atomic E-state index is 13.6. The number of carbonyl (C=O) groups excluding carboxylic acids is 1. The Balaban J connectivity index is 2.22. The Hall–Kier alpha value is -1.48. The summed E-state index contributed by atoms with van der Waals surface area (Å²) in [5.41, 5.74) is 0.142. The number of sulfonamides is 1. The minimum atomic E-state index is -3.97. The molecule has 0 saturated heterocycles. The van der Waals surface area contributed by atoms with Gasteiger partial charge in [0, 0.05) is 17.1 Å². The summed E-state index contributed by atoms with van der Waals surface area (Å²) in [5.74, 6) is -1.36. The molecule has 1 heterocycles. The average Bonchev–Trinajstić information content (AvgIpc) is 2.96. The summed E-state index contributed by atoms with van der Waals surface area (Å²) in [6, 6.07) is 5.22. The van der Waals surface area contributed by atoms with Gasteiger partial charge in [0.15, 0.2) is 0 Å². The zero-order valence-electron chi connectivity index (χ0n) is 11.3. The SMILES string of the molecule is COC(=O)c1sccc1S(=O)(=O)NCc1ccc(Cl)cc1F. The first-order valence-corrected chi connectivity index (χ1v) is 8.68. The highest BCUT2D eigenvalue weighted by atomic mass is 35.5. The van der Waals surface area contributed by atoms with Gasteiger partial charge in [-0.3, -0.25) is 0 Å². The number of esters is 1. The van der Waals surface area contributed by atoms with Crippen LogP contribution >= 0.6 is 22.9 Å². The monoisotopic (exact) mass is 363 g/mol. The lowest BCUT2D eigenvalue weighted by molar-refractivity contribution is 0.0602. The summed E-state index contributed by atoms with van der Waals surface area (Å²) in [4.78, 5) is 11.3. The second-order valence-electron chi connectivity index (χ2n) is 4.17. The van der Waals surface area contributed by atoms with Crippen molar-refractivity contribution in [3.8, 4) is 0 Å². The minimum Gasteiger partial charge on any atom is -0.465 e. The van der Waals surface area contributed by atoms with Crippen molar-refractivity contribution in [3.63, 3.8) is 0 Å². The molecule has 0 amide bonds. The van der Waals surface area contributed by atoms with Crippen molar-refractivity contribution in [2.75, 3.05) is 7.11 Å². The van der Waals surface area contributed by atoms with Gasteiger partial charge in [0.2, 0.25) is 10.0 Å². The van der Waals surface area contributed by atoms with Gasteiger partial charge in [0.1, 0.15) is 15.6 Å². The Bertz CT molecular complexity index is 804. The standard InChI is InChI=1S/C13H11ClFNO4S2/c1-20-13(17)12-11(4-5-21-12)22(18,19)16-7-8-2-3-9(14)6-10(8)15/h2-6,16H,7H2,1H3. The van der Waals surface area contributed by atoms with Gasteiger partial charge in [0.05, 0.1) is 7.11 Å². The van der Waals surface area contributed by atoms with Crippen molar-refractivity contribution in [2.24, 2.45) is 0 Å². The first-order valence-electron chi connectivity index (χ1n) is 5.94. The molecule has 9 heteroatoms. The van der Waals surface area contributed by atoms with Crippen molar-refractivity contribution < 1.29 is 22.3 Å². The maximum Gasteiger partial charge on any atom is 0.349 e. The van der Waals surface area contributed by atoms with E-state index in [0.29, 0.717) is 0 Å². The minimum absolute atomic E-state index is 0.0356. The van der Waals surface area contributed by atoms with E-state index in [1.54, 1.807) is 0 Å². The first-order chi connectivity index (χ1) is 10.3. The Morgan fingerprint density at radius 3 is 2.77 bits per heavy atom. The molecule has 0 atom stereocenters. The molecule has 22 heavy (non-hydrogen) atoms. The van der Waals surface area contributed by atoms with Gasteiger partial charge in [-0.05, 0) is 23.6 Å². The smallest absolute Gasteiger partial charge is 0.349 e. The van der Waals surface area contributed by atoms with E-state index in [-0.39, 0.29) is 26.9 Å². The molecule has 0 fully saturated rings. The van der Waals surface area contributed by atoms with Crippen LogP contribution in [0.2, 0.25) is 5.02 Å². The Kier molecular flexibility index (Phi) is 5.17. The van der Waals surface area contributed by atoms with Crippen molar-refractivity contribution in [3.05, 3.63) is 50.9 Å². The van der Waals surface area contributed by atoms with Crippen LogP contribution in [0.25, 0.3) is 0 Å². The molecule has 5 nitrogen and oxygen atoms in total. The van der Waals surface area contributed by atoms with Gasteiger partial charge in [-0.1, -0.05) is 17.7 Å². The first kappa shape index (κ1) is 16.9. The molecule has 118 valence electrons. The highest BCUT2D eigenvalue weighted by Gasteiger charge is 2.24. The molecule has 2 rings (SSSR count). The molecule has 0 aliphatic heterocycles. The lowest BCUT2D eigenvalue weighted by atomic mass is 10.2. The number of thiophene rings is 1. The third-order valence-electron chi connectivity index (χ3n) is 2.76. The van der Waals surface area contributed by atoms with E-state index < -0.39 is 21.8 Å². The number of methoxy groups -OCH3 is 1. The number of ether oxygens (including phenoxy) is 1. The number of benzene rings is 1. The predicted molar refractivity (Wildman–Crippen MR) is 81.1 cm³/mol. The van der Waals surface area contributed by atoms with Gasteiger partial charge in [0.25, 0.3) is 0 Å². The van der Waals surface area contributed by atoms with Gasteiger partial charge in [-0.2, -0.15) is 0 Å². The molecule has 0 unspecified atom stereocenters. The van der Waals surface area contributed by atoms with E-state index in [1.807, 2.05) is 0 Å². The van der Waals surface area contributed by atoms with Crippen LogP contribution in [0, 0.1) is 5.82 Å². The second-order valence-corrected chi connectivity index (χ2v) is 7.25. The summed E-state index contributed by atoms with van der Waals surface area (Å²) in [6.07, 6.45) is 0. The quantitative estimate of drug-likeness (QED) is 0.829. The lowest BCUT2D eigenvalue weighted by Gasteiger charge is -2.08.